The number of hydrogen-bond donors (Lipinski definition) is 2. The van der Waals surface area contributed by atoms with Gasteiger partial charge in [0.25, 0.3) is 0 Å². The summed E-state index contributed by atoms with van der Waals surface area (Å²) in [6.45, 7) is 1.49. The molecule has 1 aliphatic carbocycles. The zero-order valence-electron chi connectivity index (χ0n) is 11.9. The van der Waals surface area contributed by atoms with Crippen LogP contribution in [0.25, 0.3) is 0 Å². The molecule has 21 heavy (non-hydrogen) atoms. The average Bonchev–Trinajstić information content (AvgIpc) is 3.21. The van der Waals surface area contributed by atoms with Crippen molar-refractivity contribution in [1.29, 1.82) is 0 Å². The highest BCUT2D eigenvalue weighted by atomic mass is 32.2. The molecule has 118 valence electrons. The summed E-state index contributed by atoms with van der Waals surface area (Å²) in [6.07, 6.45) is 3.60. The first-order valence-electron chi connectivity index (χ1n) is 7.08. The molecule has 0 aromatic heterocycles. The Labute approximate surface area is 123 Å². The summed E-state index contributed by atoms with van der Waals surface area (Å²) in [5.74, 6) is -1.39. The summed E-state index contributed by atoms with van der Waals surface area (Å²) in [5, 5.41) is 0. The van der Waals surface area contributed by atoms with Gasteiger partial charge in [-0.2, -0.15) is 0 Å². The lowest BCUT2D eigenvalue weighted by Gasteiger charge is -2.17. The topological polar surface area (TPSA) is 72.2 Å². The minimum Gasteiger partial charge on any atom is -0.326 e. The van der Waals surface area contributed by atoms with E-state index >= 15 is 0 Å². The van der Waals surface area contributed by atoms with Gasteiger partial charge in [-0.15, -0.1) is 0 Å². The van der Waals surface area contributed by atoms with Crippen LogP contribution in [0.5, 0.6) is 0 Å². The molecule has 1 fully saturated rings. The second kappa shape index (κ2) is 6.37. The zero-order chi connectivity index (χ0) is 15.6. The lowest BCUT2D eigenvalue weighted by atomic mass is 10.1. The smallest absolute Gasteiger partial charge is 0.243 e. The molecular weight excluding hydrogens is 298 g/mol. The number of rotatable bonds is 7. The maximum atomic E-state index is 14.1. The molecule has 0 bridgehead atoms. The molecule has 1 atom stereocenters. The predicted molar refractivity (Wildman–Crippen MR) is 76.0 cm³/mol. The molecule has 3 N–H and O–H groups in total. The van der Waals surface area contributed by atoms with E-state index in [-0.39, 0.29) is 12.6 Å². The van der Waals surface area contributed by atoms with Gasteiger partial charge >= 0.3 is 0 Å². The van der Waals surface area contributed by atoms with Gasteiger partial charge in [0.2, 0.25) is 10.0 Å². The third kappa shape index (κ3) is 3.78. The van der Waals surface area contributed by atoms with E-state index in [0.717, 1.165) is 31.4 Å². The summed E-state index contributed by atoms with van der Waals surface area (Å²) < 4.78 is 54.6. The second-order valence-corrected chi connectivity index (χ2v) is 7.13. The Hall–Kier alpha value is -1.05. The third-order valence-electron chi connectivity index (χ3n) is 3.77. The van der Waals surface area contributed by atoms with Crippen LogP contribution in [0, 0.1) is 17.6 Å². The van der Waals surface area contributed by atoms with Crippen molar-refractivity contribution in [2.75, 3.05) is 0 Å². The van der Waals surface area contributed by atoms with Crippen LogP contribution in [-0.2, 0) is 16.6 Å². The van der Waals surface area contributed by atoms with Crippen molar-refractivity contribution >= 4 is 10.0 Å². The summed E-state index contributed by atoms with van der Waals surface area (Å²) in [6, 6.07) is 1.64. The third-order valence-corrected chi connectivity index (χ3v) is 5.31. The summed E-state index contributed by atoms with van der Waals surface area (Å²) >= 11 is 0. The van der Waals surface area contributed by atoms with Crippen LogP contribution in [0.1, 0.15) is 38.2 Å². The minimum atomic E-state index is -4.02. The van der Waals surface area contributed by atoms with Crippen LogP contribution in [0.15, 0.2) is 17.0 Å². The molecule has 0 heterocycles. The van der Waals surface area contributed by atoms with Gasteiger partial charge in [-0.25, -0.2) is 21.9 Å². The molecule has 1 aromatic rings. The van der Waals surface area contributed by atoms with Crippen LogP contribution in [0.2, 0.25) is 0 Å². The van der Waals surface area contributed by atoms with Gasteiger partial charge in [-0.05, 0) is 30.9 Å². The Balaban J connectivity index is 2.26. The maximum absolute atomic E-state index is 14.1. The molecule has 1 unspecified atom stereocenters. The van der Waals surface area contributed by atoms with E-state index in [1.165, 1.54) is 0 Å². The number of benzene rings is 1. The molecule has 4 nitrogen and oxygen atoms in total. The van der Waals surface area contributed by atoms with Crippen molar-refractivity contribution in [3.05, 3.63) is 29.3 Å². The molecule has 0 saturated heterocycles. The highest BCUT2D eigenvalue weighted by Crippen LogP contribution is 2.34. The van der Waals surface area contributed by atoms with E-state index in [0.29, 0.717) is 12.3 Å². The summed E-state index contributed by atoms with van der Waals surface area (Å²) in [5.41, 5.74) is 4.86. The van der Waals surface area contributed by atoms with Crippen molar-refractivity contribution in [1.82, 2.24) is 4.72 Å². The first kappa shape index (κ1) is 16.3. The fourth-order valence-corrected chi connectivity index (χ4v) is 3.74. The van der Waals surface area contributed by atoms with E-state index in [4.69, 9.17) is 5.73 Å². The molecule has 7 heteroatoms. The Bertz CT molecular complexity index is 616. The molecular formula is C14H20F2N2O2S. The number of halogens is 2. The van der Waals surface area contributed by atoms with Gasteiger partial charge < -0.3 is 5.73 Å². The van der Waals surface area contributed by atoms with Crippen LogP contribution in [-0.4, -0.2) is 14.5 Å². The molecule has 0 radical (unpaired) electrons. The van der Waals surface area contributed by atoms with Gasteiger partial charge in [-0.3, -0.25) is 0 Å². The molecule has 1 aromatic carbocycles. The van der Waals surface area contributed by atoms with Crippen molar-refractivity contribution in [3.8, 4) is 0 Å². The number of nitrogens with one attached hydrogen (secondary N) is 1. The molecule has 0 aliphatic heterocycles. The largest absolute Gasteiger partial charge is 0.326 e. The lowest BCUT2D eigenvalue weighted by Crippen LogP contribution is -2.35. The van der Waals surface area contributed by atoms with E-state index in [1.54, 1.807) is 0 Å². The van der Waals surface area contributed by atoms with Crippen molar-refractivity contribution < 1.29 is 17.2 Å². The van der Waals surface area contributed by atoms with Gasteiger partial charge in [0.05, 0.1) is 0 Å². The molecule has 1 saturated carbocycles. The number of hydrogen-bond acceptors (Lipinski definition) is 3. The SMILES string of the molecule is CCC(CC1CC1)NS(=O)(=O)c1ccc(F)c(CN)c1F. The average molecular weight is 318 g/mol. The Kier molecular flexibility index (Phi) is 4.95. The zero-order valence-corrected chi connectivity index (χ0v) is 12.7. The van der Waals surface area contributed by atoms with Gasteiger partial charge in [0.1, 0.15) is 10.7 Å². The standard InChI is InChI=1S/C14H20F2N2O2S/c1-2-10(7-9-3-4-9)18-21(19,20)13-6-5-12(15)11(8-17)14(13)16/h5-6,9-10,18H,2-4,7-8,17H2,1H3. The Morgan fingerprint density at radius 2 is 2.05 bits per heavy atom. The van der Waals surface area contributed by atoms with Gasteiger partial charge in [0, 0.05) is 18.2 Å². The van der Waals surface area contributed by atoms with Gasteiger partial charge in [0.15, 0.2) is 5.82 Å². The molecule has 0 spiro atoms. The highest BCUT2D eigenvalue weighted by Gasteiger charge is 2.29. The second-order valence-electron chi connectivity index (χ2n) is 5.45. The van der Waals surface area contributed by atoms with Gasteiger partial charge in [-0.1, -0.05) is 19.8 Å². The number of sulfonamides is 1. The van der Waals surface area contributed by atoms with Crippen LogP contribution in [0.4, 0.5) is 8.78 Å². The first-order valence-corrected chi connectivity index (χ1v) is 8.56. The van der Waals surface area contributed by atoms with E-state index in [9.17, 15) is 17.2 Å². The summed E-state index contributed by atoms with van der Waals surface area (Å²) in [7, 11) is -4.02. The maximum Gasteiger partial charge on any atom is 0.243 e. The quantitative estimate of drug-likeness (QED) is 0.810. The normalized spacial score (nSPS) is 17.0. The van der Waals surface area contributed by atoms with Crippen LogP contribution < -0.4 is 10.5 Å². The predicted octanol–water partition coefficient (Wildman–Crippen LogP) is 2.28. The van der Waals surface area contributed by atoms with Crippen molar-refractivity contribution in [2.24, 2.45) is 11.7 Å². The first-order chi connectivity index (χ1) is 9.89. The molecule has 0 amide bonds. The Morgan fingerprint density at radius 3 is 2.57 bits per heavy atom. The monoisotopic (exact) mass is 318 g/mol. The van der Waals surface area contributed by atoms with Crippen molar-refractivity contribution in [2.45, 2.75) is 50.1 Å². The fourth-order valence-electron chi connectivity index (χ4n) is 2.31. The van der Waals surface area contributed by atoms with Crippen molar-refractivity contribution in [3.63, 3.8) is 0 Å². The molecule has 1 aliphatic rings. The highest BCUT2D eigenvalue weighted by molar-refractivity contribution is 7.89. The van der Waals surface area contributed by atoms with E-state index in [2.05, 4.69) is 4.72 Å². The van der Waals surface area contributed by atoms with Crippen LogP contribution in [0.3, 0.4) is 0 Å². The lowest BCUT2D eigenvalue weighted by molar-refractivity contribution is 0.487. The molecule has 2 rings (SSSR count). The van der Waals surface area contributed by atoms with E-state index in [1.807, 2.05) is 6.92 Å². The van der Waals surface area contributed by atoms with E-state index < -0.39 is 32.1 Å². The summed E-state index contributed by atoms with van der Waals surface area (Å²) in [4.78, 5) is -0.543. The Morgan fingerprint density at radius 1 is 1.38 bits per heavy atom. The minimum absolute atomic E-state index is 0.228. The number of nitrogens with two attached hydrogens (primary N) is 1. The fraction of sp³-hybridized carbons (Fsp3) is 0.571. The van der Waals surface area contributed by atoms with Crippen LogP contribution >= 0.6 is 0 Å².